The Labute approximate surface area is 177 Å². The first-order valence-electron chi connectivity index (χ1n) is 9.34. The molecular formula is C21H24F3N3O4. The number of pyridine rings is 1. The number of aromatic nitrogens is 1. The van der Waals surface area contributed by atoms with E-state index in [1.54, 1.807) is 26.0 Å². The smallest absolute Gasteiger partial charge is 0.422 e. The van der Waals surface area contributed by atoms with Gasteiger partial charge in [0.1, 0.15) is 17.2 Å². The number of anilines is 1. The molecule has 0 fully saturated rings. The van der Waals surface area contributed by atoms with Crippen LogP contribution in [0.3, 0.4) is 0 Å². The maximum Gasteiger partial charge on any atom is 0.422 e. The quantitative estimate of drug-likeness (QED) is 0.615. The van der Waals surface area contributed by atoms with E-state index in [1.807, 2.05) is 0 Å². The number of rotatable bonds is 7. The minimum atomic E-state index is -4.42. The number of aliphatic hydroxyl groups is 1. The van der Waals surface area contributed by atoms with Gasteiger partial charge in [0.05, 0.1) is 0 Å². The monoisotopic (exact) mass is 439 g/mol. The molecule has 0 unspecified atom stereocenters. The van der Waals surface area contributed by atoms with Gasteiger partial charge in [0.15, 0.2) is 6.61 Å². The van der Waals surface area contributed by atoms with Gasteiger partial charge in [-0.15, -0.1) is 0 Å². The van der Waals surface area contributed by atoms with Crippen molar-refractivity contribution in [1.29, 1.82) is 0 Å². The Bertz CT molecular complexity index is 969. The first kappa shape index (κ1) is 24.1. The lowest BCUT2D eigenvalue weighted by Crippen LogP contribution is -2.37. The van der Waals surface area contributed by atoms with Crippen LogP contribution in [0, 0.1) is 13.8 Å². The zero-order valence-electron chi connectivity index (χ0n) is 17.6. The number of carbonyl (C=O) groups excluding carboxylic acids is 2. The maximum absolute atomic E-state index is 12.5. The van der Waals surface area contributed by atoms with E-state index < -0.39 is 30.2 Å². The largest absolute Gasteiger partial charge is 0.484 e. The van der Waals surface area contributed by atoms with Crippen LogP contribution in [0.5, 0.6) is 5.75 Å². The van der Waals surface area contributed by atoms with Crippen LogP contribution in [0.25, 0.3) is 0 Å². The summed E-state index contributed by atoms with van der Waals surface area (Å²) in [5, 5.41) is 14.9. The van der Waals surface area contributed by atoms with Crippen molar-refractivity contribution in [1.82, 2.24) is 10.3 Å². The van der Waals surface area contributed by atoms with Crippen molar-refractivity contribution in [2.45, 2.75) is 46.0 Å². The van der Waals surface area contributed by atoms with Crippen molar-refractivity contribution in [3.05, 3.63) is 52.7 Å². The number of nitrogens with one attached hydrogen (secondary N) is 2. The molecule has 0 aliphatic rings. The van der Waals surface area contributed by atoms with Crippen LogP contribution in [0.4, 0.5) is 19.0 Å². The molecule has 0 atom stereocenters. The van der Waals surface area contributed by atoms with Crippen molar-refractivity contribution in [2.24, 2.45) is 0 Å². The number of hydrogen-bond acceptors (Lipinski definition) is 5. The average Bonchev–Trinajstić information content (AvgIpc) is 2.63. The lowest BCUT2D eigenvalue weighted by molar-refractivity contribution is -0.153. The first-order chi connectivity index (χ1) is 14.2. The molecule has 10 heteroatoms. The summed E-state index contributed by atoms with van der Waals surface area (Å²) in [7, 11) is 0. The van der Waals surface area contributed by atoms with Gasteiger partial charge in [-0.1, -0.05) is 12.1 Å². The normalized spacial score (nSPS) is 11.7. The summed E-state index contributed by atoms with van der Waals surface area (Å²) >= 11 is 0. The van der Waals surface area contributed by atoms with E-state index in [1.165, 1.54) is 32.0 Å². The van der Waals surface area contributed by atoms with Crippen molar-refractivity contribution in [3.63, 3.8) is 0 Å². The van der Waals surface area contributed by atoms with Crippen LogP contribution >= 0.6 is 0 Å². The fourth-order valence-corrected chi connectivity index (χ4v) is 2.56. The van der Waals surface area contributed by atoms with Gasteiger partial charge >= 0.3 is 6.18 Å². The Balaban J connectivity index is 2.04. The van der Waals surface area contributed by atoms with Crippen molar-refractivity contribution < 1.29 is 32.6 Å². The molecule has 0 aliphatic heterocycles. The number of aryl methyl sites for hydroxylation is 2. The van der Waals surface area contributed by atoms with Gasteiger partial charge in [0, 0.05) is 17.8 Å². The van der Waals surface area contributed by atoms with Crippen LogP contribution in [0.15, 0.2) is 30.3 Å². The molecule has 3 N–H and O–H groups in total. The number of alkyl halides is 3. The van der Waals surface area contributed by atoms with E-state index in [2.05, 4.69) is 15.6 Å². The molecule has 0 aliphatic carbocycles. The highest BCUT2D eigenvalue weighted by molar-refractivity contribution is 5.98. The summed E-state index contributed by atoms with van der Waals surface area (Å²) < 4.78 is 41.6. The molecule has 31 heavy (non-hydrogen) atoms. The fraction of sp³-hybridized carbons (Fsp3) is 0.381. The first-order valence-corrected chi connectivity index (χ1v) is 9.34. The lowest BCUT2D eigenvalue weighted by Gasteiger charge is -2.17. The third kappa shape index (κ3) is 7.56. The topological polar surface area (TPSA) is 101 Å². The molecule has 1 heterocycles. The summed E-state index contributed by atoms with van der Waals surface area (Å²) in [6.07, 6.45) is -4.42. The van der Waals surface area contributed by atoms with Crippen molar-refractivity contribution >= 4 is 17.6 Å². The summed E-state index contributed by atoms with van der Waals surface area (Å²) in [5.74, 6) is -0.858. The second-order valence-electron chi connectivity index (χ2n) is 7.58. The van der Waals surface area contributed by atoms with Gasteiger partial charge in [-0.05, 0) is 57.0 Å². The predicted molar refractivity (Wildman–Crippen MR) is 108 cm³/mol. The van der Waals surface area contributed by atoms with Crippen LogP contribution in [0.1, 0.15) is 41.0 Å². The molecule has 7 nitrogen and oxygen atoms in total. The molecule has 0 bridgehead atoms. The molecule has 2 rings (SSSR count). The predicted octanol–water partition coefficient (Wildman–Crippen LogP) is 3.28. The van der Waals surface area contributed by atoms with Gasteiger partial charge in [-0.2, -0.15) is 13.2 Å². The van der Waals surface area contributed by atoms with Crippen LogP contribution in [-0.2, 0) is 11.3 Å². The van der Waals surface area contributed by atoms with E-state index >= 15 is 0 Å². The number of halogens is 3. The maximum atomic E-state index is 12.5. The van der Waals surface area contributed by atoms with Gasteiger partial charge in [0.25, 0.3) is 11.8 Å². The molecule has 1 aromatic heterocycles. The second kappa shape index (κ2) is 9.34. The van der Waals surface area contributed by atoms with Crippen LogP contribution in [0.2, 0.25) is 0 Å². The zero-order valence-corrected chi connectivity index (χ0v) is 17.6. The zero-order chi connectivity index (χ0) is 23.4. The number of benzene rings is 1. The molecule has 0 spiro atoms. The Morgan fingerprint density at radius 2 is 1.81 bits per heavy atom. The Hall–Kier alpha value is -3.14. The van der Waals surface area contributed by atoms with Crippen LogP contribution in [-0.4, -0.2) is 40.3 Å². The fourth-order valence-electron chi connectivity index (χ4n) is 2.56. The standard InChI is InChI=1S/C21H24F3N3O4/c1-12-7-14(5-6-16(12)31-11-21(22,23)24)10-25-18(28)15-8-13(2)26-17(9-15)27-19(29)20(3,4)30/h5-9,30H,10-11H2,1-4H3,(H,25,28)(H,26,27,29). The summed E-state index contributed by atoms with van der Waals surface area (Å²) in [4.78, 5) is 28.6. The minimum absolute atomic E-state index is 0.115. The van der Waals surface area contributed by atoms with Gasteiger partial charge in [-0.3, -0.25) is 9.59 Å². The second-order valence-corrected chi connectivity index (χ2v) is 7.58. The Morgan fingerprint density at radius 3 is 2.39 bits per heavy atom. The highest BCUT2D eigenvalue weighted by atomic mass is 19.4. The molecule has 0 saturated carbocycles. The van der Waals surface area contributed by atoms with E-state index in [-0.39, 0.29) is 23.7 Å². The molecular weight excluding hydrogens is 415 g/mol. The summed E-state index contributed by atoms with van der Waals surface area (Å²) in [6, 6.07) is 7.52. The van der Waals surface area contributed by atoms with Gasteiger partial charge in [0.2, 0.25) is 0 Å². The summed E-state index contributed by atoms with van der Waals surface area (Å²) in [6.45, 7) is 4.67. The Kier molecular flexibility index (Phi) is 7.27. The highest BCUT2D eigenvalue weighted by Crippen LogP contribution is 2.23. The molecule has 0 saturated heterocycles. The van der Waals surface area contributed by atoms with Crippen LogP contribution < -0.4 is 15.4 Å². The van der Waals surface area contributed by atoms with Crippen molar-refractivity contribution in [3.8, 4) is 5.75 Å². The number of nitrogens with zero attached hydrogens (tertiary/aromatic N) is 1. The third-order valence-electron chi connectivity index (χ3n) is 4.10. The highest BCUT2D eigenvalue weighted by Gasteiger charge is 2.28. The van der Waals surface area contributed by atoms with Gasteiger partial charge in [-0.25, -0.2) is 4.98 Å². The number of hydrogen-bond donors (Lipinski definition) is 3. The number of ether oxygens (including phenoxy) is 1. The molecule has 2 amide bonds. The third-order valence-corrected chi connectivity index (χ3v) is 4.10. The number of carbonyl (C=O) groups is 2. The molecule has 1 aromatic carbocycles. The Morgan fingerprint density at radius 1 is 1.13 bits per heavy atom. The minimum Gasteiger partial charge on any atom is -0.484 e. The lowest BCUT2D eigenvalue weighted by atomic mass is 10.1. The van der Waals surface area contributed by atoms with Crippen molar-refractivity contribution in [2.75, 3.05) is 11.9 Å². The number of amides is 2. The molecule has 2 aromatic rings. The van der Waals surface area contributed by atoms with E-state index in [0.29, 0.717) is 16.8 Å². The SMILES string of the molecule is Cc1cc(C(=O)NCc2ccc(OCC(F)(F)F)c(C)c2)cc(NC(=O)C(C)(C)O)n1. The molecule has 168 valence electrons. The van der Waals surface area contributed by atoms with E-state index in [4.69, 9.17) is 4.74 Å². The summed E-state index contributed by atoms with van der Waals surface area (Å²) in [5.41, 5.74) is 0.307. The van der Waals surface area contributed by atoms with E-state index in [9.17, 15) is 27.9 Å². The average molecular weight is 439 g/mol. The molecule has 0 radical (unpaired) electrons. The van der Waals surface area contributed by atoms with Gasteiger partial charge < -0.3 is 20.5 Å². The van der Waals surface area contributed by atoms with E-state index in [0.717, 1.165) is 0 Å².